The first-order chi connectivity index (χ1) is 6.52. The van der Waals surface area contributed by atoms with Crippen LogP contribution in [0.25, 0.3) is 0 Å². The molecule has 82 valence electrons. The Bertz CT molecular complexity index is 198. The number of hydrogen-bond donors (Lipinski definition) is 2. The SMILES string of the molecule is CC1CCCC(C)N1CC(N)C(=O)O. The summed E-state index contributed by atoms with van der Waals surface area (Å²) in [5.41, 5.74) is 5.53. The highest BCUT2D eigenvalue weighted by molar-refractivity contribution is 5.73. The number of carboxylic acids is 1. The predicted molar refractivity (Wildman–Crippen MR) is 55.1 cm³/mol. The average Bonchev–Trinajstić information content (AvgIpc) is 2.11. The van der Waals surface area contributed by atoms with E-state index < -0.39 is 12.0 Å². The van der Waals surface area contributed by atoms with Crippen LogP contribution in [0.2, 0.25) is 0 Å². The van der Waals surface area contributed by atoms with Crippen molar-refractivity contribution in [3.8, 4) is 0 Å². The maximum absolute atomic E-state index is 10.6. The van der Waals surface area contributed by atoms with Crippen molar-refractivity contribution in [3.63, 3.8) is 0 Å². The molecule has 0 amide bonds. The summed E-state index contributed by atoms with van der Waals surface area (Å²) in [4.78, 5) is 12.8. The third kappa shape index (κ3) is 2.69. The fraction of sp³-hybridized carbons (Fsp3) is 0.900. The van der Waals surface area contributed by atoms with Crippen LogP contribution in [0.3, 0.4) is 0 Å². The van der Waals surface area contributed by atoms with E-state index in [4.69, 9.17) is 10.8 Å². The van der Waals surface area contributed by atoms with Crippen LogP contribution in [0.15, 0.2) is 0 Å². The quantitative estimate of drug-likeness (QED) is 0.702. The zero-order valence-corrected chi connectivity index (χ0v) is 8.94. The Kier molecular flexibility index (Phi) is 3.89. The predicted octanol–water partition coefficient (Wildman–Crippen LogP) is 0.661. The molecule has 0 saturated carbocycles. The second-order valence-electron chi connectivity index (χ2n) is 4.27. The Labute approximate surface area is 85.1 Å². The molecule has 1 heterocycles. The number of rotatable bonds is 3. The van der Waals surface area contributed by atoms with Gasteiger partial charge in [-0.05, 0) is 26.7 Å². The highest BCUT2D eigenvalue weighted by atomic mass is 16.4. The molecule has 0 aromatic carbocycles. The fourth-order valence-corrected chi connectivity index (χ4v) is 2.14. The lowest BCUT2D eigenvalue weighted by Gasteiger charge is -2.39. The van der Waals surface area contributed by atoms with Crippen molar-refractivity contribution in [2.24, 2.45) is 5.73 Å². The van der Waals surface area contributed by atoms with Crippen LogP contribution in [-0.2, 0) is 4.79 Å². The molecule has 3 N–H and O–H groups in total. The molecular weight excluding hydrogens is 180 g/mol. The van der Waals surface area contributed by atoms with Crippen molar-refractivity contribution in [2.45, 2.75) is 51.2 Å². The molecule has 0 aromatic rings. The van der Waals surface area contributed by atoms with Gasteiger partial charge in [0.15, 0.2) is 0 Å². The molecule has 1 rings (SSSR count). The number of piperidine rings is 1. The first kappa shape index (κ1) is 11.5. The first-order valence-electron chi connectivity index (χ1n) is 5.26. The summed E-state index contributed by atoms with van der Waals surface area (Å²) in [7, 11) is 0. The zero-order chi connectivity index (χ0) is 10.7. The minimum atomic E-state index is -0.907. The van der Waals surface area contributed by atoms with Gasteiger partial charge in [-0.1, -0.05) is 6.42 Å². The number of nitrogens with zero attached hydrogens (tertiary/aromatic N) is 1. The van der Waals surface area contributed by atoms with E-state index in [0.29, 0.717) is 18.6 Å². The minimum Gasteiger partial charge on any atom is -0.480 e. The zero-order valence-electron chi connectivity index (χ0n) is 8.94. The molecule has 3 atom stereocenters. The van der Waals surface area contributed by atoms with Gasteiger partial charge < -0.3 is 10.8 Å². The Hall–Kier alpha value is -0.610. The molecule has 0 aliphatic carbocycles. The lowest BCUT2D eigenvalue weighted by Crippen LogP contribution is -2.51. The van der Waals surface area contributed by atoms with Crippen LogP contribution in [0, 0.1) is 0 Å². The fourth-order valence-electron chi connectivity index (χ4n) is 2.14. The normalized spacial score (nSPS) is 31.4. The molecule has 1 fully saturated rings. The van der Waals surface area contributed by atoms with Crippen molar-refractivity contribution in [1.29, 1.82) is 0 Å². The summed E-state index contributed by atoms with van der Waals surface area (Å²) in [5, 5.41) is 8.73. The Morgan fingerprint density at radius 3 is 2.43 bits per heavy atom. The van der Waals surface area contributed by atoms with E-state index >= 15 is 0 Å². The van der Waals surface area contributed by atoms with Gasteiger partial charge in [0, 0.05) is 18.6 Å². The lowest BCUT2D eigenvalue weighted by atomic mass is 9.97. The average molecular weight is 200 g/mol. The van der Waals surface area contributed by atoms with Crippen molar-refractivity contribution in [2.75, 3.05) is 6.54 Å². The standard InChI is InChI=1S/C10H20N2O2/c1-7-4-3-5-8(2)12(7)6-9(11)10(13)14/h7-9H,3-6,11H2,1-2H3,(H,13,14). The Balaban J connectivity index is 2.51. The third-order valence-electron chi connectivity index (χ3n) is 3.10. The smallest absolute Gasteiger partial charge is 0.321 e. The molecule has 0 bridgehead atoms. The summed E-state index contributed by atoms with van der Waals surface area (Å²) in [6.07, 6.45) is 3.54. The molecule has 1 saturated heterocycles. The van der Waals surface area contributed by atoms with E-state index in [9.17, 15) is 4.79 Å². The van der Waals surface area contributed by atoms with Crippen molar-refractivity contribution in [1.82, 2.24) is 4.90 Å². The van der Waals surface area contributed by atoms with Gasteiger partial charge in [-0.15, -0.1) is 0 Å². The minimum absolute atomic E-state index is 0.462. The molecule has 4 nitrogen and oxygen atoms in total. The van der Waals surface area contributed by atoms with Gasteiger partial charge in [0.2, 0.25) is 0 Å². The van der Waals surface area contributed by atoms with Gasteiger partial charge in [-0.2, -0.15) is 0 Å². The number of carbonyl (C=O) groups is 1. The van der Waals surface area contributed by atoms with Gasteiger partial charge in [0.25, 0.3) is 0 Å². The number of likely N-dealkylation sites (tertiary alicyclic amines) is 1. The summed E-state index contributed by atoms with van der Waals surface area (Å²) < 4.78 is 0. The molecular formula is C10H20N2O2. The number of carboxylic acid groups (broad SMARTS) is 1. The van der Waals surface area contributed by atoms with Gasteiger partial charge >= 0.3 is 5.97 Å². The van der Waals surface area contributed by atoms with Crippen molar-refractivity contribution < 1.29 is 9.90 Å². The van der Waals surface area contributed by atoms with Crippen LogP contribution in [0.1, 0.15) is 33.1 Å². The summed E-state index contributed by atoms with van der Waals surface area (Å²) >= 11 is 0. The number of nitrogens with two attached hydrogens (primary N) is 1. The summed E-state index contributed by atoms with van der Waals surface area (Å²) in [6.45, 7) is 4.76. The molecule has 1 aliphatic rings. The maximum Gasteiger partial charge on any atom is 0.321 e. The van der Waals surface area contributed by atoms with Crippen molar-refractivity contribution in [3.05, 3.63) is 0 Å². The van der Waals surface area contributed by atoms with Crippen LogP contribution in [0.4, 0.5) is 0 Å². The lowest BCUT2D eigenvalue weighted by molar-refractivity contribution is -0.139. The second-order valence-corrected chi connectivity index (χ2v) is 4.27. The van der Waals surface area contributed by atoms with Crippen LogP contribution in [-0.4, -0.2) is 40.6 Å². The molecule has 3 unspecified atom stereocenters. The van der Waals surface area contributed by atoms with Gasteiger partial charge in [-0.25, -0.2) is 0 Å². The van der Waals surface area contributed by atoms with E-state index in [2.05, 4.69) is 18.7 Å². The van der Waals surface area contributed by atoms with E-state index in [-0.39, 0.29) is 0 Å². The molecule has 0 spiro atoms. The van der Waals surface area contributed by atoms with Crippen LogP contribution < -0.4 is 5.73 Å². The highest BCUT2D eigenvalue weighted by Gasteiger charge is 2.27. The van der Waals surface area contributed by atoms with E-state index in [1.54, 1.807) is 0 Å². The van der Waals surface area contributed by atoms with Gasteiger partial charge in [-0.3, -0.25) is 9.69 Å². The van der Waals surface area contributed by atoms with E-state index in [0.717, 1.165) is 12.8 Å². The summed E-state index contributed by atoms with van der Waals surface area (Å²) in [6, 6.07) is 0.172. The van der Waals surface area contributed by atoms with Gasteiger partial charge in [0.05, 0.1) is 0 Å². The molecule has 4 heteroatoms. The van der Waals surface area contributed by atoms with Crippen LogP contribution in [0.5, 0.6) is 0 Å². The maximum atomic E-state index is 10.6. The monoisotopic (exact) mass is 200 g/mol. The largest absolute Gasteiger partial charge is 0.480 e. The molecule has 0 aromatic heterocycles. The number of hydrogen-bond acceptors (Lipinski definition) is 3. The molecule has 14 heavy (non-hydrogen) atoms. The van der Waals surface area contributed by atoms with Gasteiger partial charge in [0.1, 0.15) is 6.04 Å². The van der Waals surface area contributed by atoms with E-state index in [1.165, 1.54) is 6.42 Å². The first-order valence-corrected chi connectivity index (χ1v) is 5.26. The third-order valence-corrected chi connectivity index (χ3v) is 3.10. The summed E-state index contributed by atoms with van der Waals surface area (Å²) in [5.74, 6) is -0.907. The van der Waals surface area contributed by atoms with E-state index in [1.807, 2.05) is 0 Å². The Morgan fingerprint density at radius 2 is 2.00 bits per heavy atom. The molecule has 1 aliphatic heterocycles. The number of aliphatic carboxylic acids is 1. The van der Waals surface area contributed by atoms with Crippen LogP contribution >= 0.6 is 0 Å². The molecule has 0 radical (unpaired) electrons. The topological polar surface area (TPSA) is 66.6 Å². The van der Waals surface area contributed by atoms with Crippen molar-refractivity contribution >= 4 is 5.97 Å². The Morgan fingerprint density at radius 1 is 1.50 bits per heavy atom. The second kappa shape index (κ2) is 4.75. The highest BCUT2D eigenvalue weighted by Crippen LogP contribution is 2.22.